The number of halogens is 1. The van der Waals surface area contributed by atoms with Crippen LogP contribution in [-0.2, 0) is 6.54 Å². The lowest BCUT2D eigenvalue weighted by molar-refractivity contribution is -0.384. The van der Waals surface area contributed by atoms with E-state index in [1.165, 1.54) is 6.07 Å². The Morgan fingerprint density at radius 2 is 2.21 bits per heavy atom. The van der Waals surface area contributed by atoms with Gasteiger partial charge in [-0.2, -0.15) is 0 Å². The first-order chi connectivity index (χ1) is 9.06. The Labute approximate surface area is 123 Å². The highest BCUT2D eigenvalue weighted by molar-refractivity contribution is 14.1. The lowest BCUT2D eigenvalue weighted by atomic mass is 10.2. The zero-order valence-electron chi connectivity index (χ0n) is 10.1. The number of hydrogen-bond acceptors (Lipinski definition) is 5. The molecule has 0 aliphatic carbocycles. The van der Waals surface area contributed by atoms with Crippen LogP contribution >= 0.6 is 22.6 Å². The molecule has 0 aliphatic heterocycles. The number of anilines is 1. The number of nitro benzene ring substituents is 1. The summed E-state index contributed by atoms with van der Waals surface area (Å²) in [6.45, 7) is 2.22. The van der Waals surface area contributed by atoms with Gasteiger partial charge in [-0.1, -0.05) is 0 Å². The lowest BCUT2D eigenvalue weighted by Gasteiger charge is -2.07. The van der Waals surface area contributed by atoms with E-state index >= 15 is 0 Å². The van der Waals surface area contributed by atoms with Crippen LogP contribution in [0.2, 0.25) is 0 Å². The van der Waals surface area contributed by atoms with Crippen LogP contribution in [-0.4, -0.2) is 14.9 Å². The van der Waals surface area contributed by atoms with Crippen LogP contribution in [0.5, 0.6) is 0 Å². The molecule has 0 atom stereocenters. The molecule has 0 unspecified atom stereocenters. The van der Waals surface area contributed by atoms with Crippen molar-refractivity contribution in [3.05, 3.63) is 55.7 Å². The van der Waals surface area contributed by atoms with Gasteiger partial charge in [0.15, 0.2) is 0 Å². The molecule has 1 N–H and O–H groups in total. The second-order valence-electron chi connectivity index (χ2n) is 3.87. The van der Waals surface area contributed by atoms with E-state index in [4.69, 9.17) is 0 Å². The Morgan fingerprint density at radius 1 is 1.42 bits per heavy atom. The molecule has 98 valence electrons. The molecule has 0 saturated carbocycles. The van der Waals surface area contributed by atoms with Gasteiger partial charge in [-0.3, -0.25) is 10.1 Å². The van der Waals surface area contributed by atoms with Crippen LogP contribution in [0.25, 0.3) is 0 Å². The minimum absolute atomic E-state index is 0.0673. The second-order valence-corrected chi connectivity index (χ2v) is 5.11. The molecule has 0 spiro atoms. The van der Waals surface area contributed by atoms with Crippen LogP contribution in [0.1, 0.15) is 11.5 Å². The number of nitro groups is 1. The fourth-order valence-electron chi connectivity index (χ4n) is 1.59. The standard InChI is InChI=1S/C12H11IN4O2/c1-8-14-5-4-10(16-8)7-15-11-3-2-9(13)6-12(11)17(18)19/h2-6,15H,7H2,1H3. The first-order valence-electron chi connectivity index (χ1n) is 5.52. The Bertz CT molecular complexity index is 618. The van der Waals surface area contributed by atoms with Gasteiger partial charge in [0, 0.05) is 15.8 Å². The molecule has 1 heterocycles. The molecule has 6 nitrogen and oxygen atoms in total. The van der Waals surface area contributed by atoms with Crippen molar-refractivity contribution in [3.63, 3.8) is 0 Å². The minimum atomic E-state index is -0.393. The highest BCUT2D eigenvalue weighted by atomic mass is 127. The second kappa shape index (κ2) is 5.91. The van der Waals surface area contributed by atoms with E-state index in [0.717, 1.165) is 9.26 Å². The zero-order valence-corrected chi connectivity index (χ0v) is 12.3. The Kier molecular flexibility index (Phi) is 4.25. The van der Waals surface area contributed by atoms with Crippen molar-refractivity contribution in [1.82, 2.24) is 9.97 Å². The number of nitrogens with one attached hydrogen (secondary N) is 1. The van der Waals surface area contributed by atoms with E-state index in [2.05, 4.69) is 15.3 Å². The summed E-state index contributed by atoms with van der Waals surface area (Å²) in [4.78, 5) is 18.8. The van der Waals surface area contributed by atoms with Gasteiger partial charge < -0.3 is 5.32 Å². The fraction of sp³-hybridized carbons (Fsp3) is 0.167. The van der Waals surface area contributed by atoms with Crippen molar-refractivity contribution in [2.75, 3.05) is 5.32 Å². The minimum Gasteiger partial charge on any atom is -0.374 e. The molecular formula is C12H11IN4O2. The van der Waals surface area contributed by atoms with Gasteiger partial charge >= 0.3 is 0 Å². The van der Waals surface area contributed by atoms with Gasteiger partial charge in [-0.15, -0.1) is 0 Å². The number of hydrogen-bond donors (Lipinski definition) is 1. The first-order valence-corrected chi connectivity index (χ1v) is 6.60. The van der Waals surface area contributed by atoms with Crippen molar-refractivity contribution in [1.29, 1.82) is 0 Å². The molecule has 1 aromatic carbocycles. The Hall–Kier alpha value is -1.77. The molecule has 0 amide bonds. The van der Waals surface area contributed by atoms with Gasteiger partial charge in [0.1, 0.15) is 11.5 Å². The Morgan fingerprint density at radius 3 is 2.89 bits per heavy atom. The maximum atomic E-state index is 11.0. The third kappa shape index (κ3) is 3.60. The van der Waals surface area contributed by atoms with E-state index < -0.39 is 4.92 Å². The predicted octanol–water partition coefficient (Wildman–Crippen LogP) is 2.91. The predicted molar refractivity (Wildman–Crippen MR) is 79.9 cm³/mol. The summed E-state index contributed by atoms with van der Waals surface area (Å²) in [5.74, 6) is 0.677. The van der Waals surface area contributed by atoms with E-state index in [1.54, 1.807) is 25.3 Å². The first kappa shape index (κ1) is 13.7. The summed E-state index contributed by atoms with van der Waals surface area (Å²) < 4.78 is 0.827. The summed E-state index contributed by atoms with van der Waals surface area (Å²) in [5.41, 5.74) is 1.35. The normalized spacial score (nSPS) is 10.2. The molecular weight excluding hydrogens is 359 g/mol. The number of aromatic nitrogens is 2. The van der Waals surface area contributed by atoms with E-state index in [-0.39, 0.29) is 5.69 Å². The monoisotopic (exact) mass is 370 g/mol. The summed E-state index contributed by atoms with van der Waals surface area (Å²) in [6, 6.07) is 6.84. The molecule has 0 aliphatic rings. The van der Waals surface area contributed by atoms with Crippen LogP contribution in [0.3, 0.4) is 0 Å². The molecule has 2 rings (SSSR count). The quantitative estimate of drug-likeness (QED) is 0.509. The zero-order chi connectivity index (χ0) is 13.8. The van der Waals surface area contributed by atoms with E-state index in [0.29, 0.717) is 18.1 Å². The smallest absolute Gasteiger partial charge is 0.293 e. The van der Waals surface area contributed by atoms with Crippen LogP contribution in [0.4, 0.5) is 11.4 Å². The number of aryl methyl sites for hydroxylation is 1. The number of rotatable bonds is 4. The van der Waals surface area contributed by atoms with Crippen LogP contribution < -0.4 is 5.32 Å². The van der Waals surface area contributed by atoms with Gasteiger partial charge in [-0.05, 0) is 47.7 Å². The lowest BCUT2D eigenvalue weighted by Crippen LogP contribution is -2.05. The molecule has 0 saturated heterocycles. The summed E-state index contributed by atoms with van der Waals surface area (Å²) >= 11 is 2.05. The molecule has 7 heteroatoms. The molecule has 0 fully saturated rings. The SMILES string of the molecule is Cc1nccc(CNc2ccc(I)cc2[N+](=O)[O-])n1. The molecule has 0 radical (unpaired) electrons. The van der Waals surface area contributed by atoms with E-state index in [9.17, 15) is 10.1 Å². The van der Waals surface area contributed by atoms with Crippen LogP contribution in [0.15, 0.2) is 30.5 Å². The van der Waals surface area contributed by atoms with Crippen molar-refractivity contribution >= 4 is 34.0 Å². The average Bonchev–Trinajstić information content (AvgIpc) is 2.37. The third-order valence-electron chi connectivity index (χ3n) is 2.45. The van der Waals surface area contributed by atoms with Crippen molar-refractivity contribution in [2.45, 2.75) is 13.5 Å². The topological polar surface area (TPSA) is 81.0 Å². The van der Waals surface area contributed by atoms with Crippen molar-refractivity contribution < 1.29 is 4.92 Å². The largest absolute Gasteiger partial charge is 0.374 e. The van der Waals surface area contributed by atoms with E-state index in [1.807, 2.05) is 28.7 Å². The summed E-state index contributed by atoms with van der Waals surface area (Å²) in [7, 11) is 0. The van der Waals surface area contributed by atoms with Crippen LogP contribution in [0, 0.1) is 20.6 Å². The average molecular weight is 370 g/mol. The maximum Gasteiger partial charge on any atom is 0.293 e. The van der Waals surface area contributed by atoms with Crippen molar-refractivity contribution in [3.8, 4) is 0 Å². The number of benzene rings is 1. The maximum absolute atomic E-state index is 11.0. The highest BCUT2D eigenvalue weighted by Gasteiger charge is 2.13. The van der Waals surface area contributed by atoms with Gasteiger partial charge in [0.2, 0.25) is 0 Å². The molecule has 2 aromatic rings. The highest BCUT2D eigenvalue weighted by Crippen LogP contribution is 2.26. The fourth-order valence-corrected chi connectivity index (χ4v) is 2.07. The van der Waals surface area contributed by atoms with Gasteiger partial charge in [0.25, 0.3) is 5.69 Å². The summed E-state index contributed by atoms with van der Waals surface area (Å²) in [6.07, 6.45) is 1.67. The summed E-state index contributed by atoms with van der Waals surface area (Å²) in [5, 5.41) is 14.0. The van der Waals surface area contributed by atoms with Crippen molar-refractivity contribution in [2.24, 2.45) is 0 Å². The molecule has 19 heavy (non-hydrogen) atoms. The van der Waals surface area contributed by atoms with Gasteiger partial charge in [-0.25, -0.2) is 9.97 Å². The Balaban J connectivity index is 2.17. The number of nitrogens with zero attached hydrogens (tertiary/aromatic N) is 3. The molecule has 1 aromatic heterocycles. The van der Waals surface area contributed by atoms with Gasteiger partial charge in [0.05, 0.1) is 17.2 Å². The molecule has 0 bridgehead atoms. The third-order valence-corrected chi connectivity index (χ3v) is 3.12.